The third kappa shape index (κ3) is 2.25. The highest BCUT2D eigenvalue weighted by atomic mass is 79.9. The summed E-state index contributed by atoms with van der Waals surface area (Å²) in [6.07, 6.45) is 1.39. The first kappa shape index (κ1) is 11.2. The molecule has 0 saturated carbocycles. The fraction of sp³-hybridized carbons (Fsp3) is 0.125. The number of halogens is 2. The molecule has 2 heterocycles. The molecule has 0 atom stereocenters. The molecule has 0 unspecified atom stereocenters. The predicted molar refractivity (Wildman–Crippen MR) is 59.4 cm³/mol. The van der Waals surface area contributed by atoms with E-state index in [1.54, 1.807) is 12.1 Å². The van der Waals surface area contributed by atoms with Crippen molar-refractivity contribution in [2.75, 3.05) is 0 Å². The van der Waals surface area contributed by atoms with Gasteiger partial charge < -0.3 is 14.5 Å². The van der Waals surface area contributed by atoms with Gasteiger partial charge in [0.25, 0.3) is 0 Å². The summed E-state index contributed by atoms with van der Waals surface area (Å²) in [6.45, 7) is 0.291. The van der Waals surface area contributed by atoms with Gasteiger partial charge in [-0.05, 0) is 33.0 Å². The van der Waals surface area contributed by atoms with E-state index in [-0.39, 0.29) is 10.8 Å². The van der Waals surface area contributed by atoms with Gasteiger partial charge in [-0.1, -0.05) is 11.6 Å². The molecule has 16 heavy (non-hydrogen) atoms. The van der Waals surface area contributed by atoms with Crippen molar-refractivity contribution in [2.45, 2.75) is 6.54 Å². The van der Waals surface area contributed by atoms with Crippen LogP contribution in [0.4, 0.5) is 5.82 Å². The highest BCUT2D eigenvalue weighted by Gasteiger charge is 2.19. The SMILES string of the molecule is O=[N+]([O-])c1nn(Cc2ccc(Br)o2)cc1Cl. The molecule has 6 nitrogen and oxygen atoms in total. The second-order valence-electron chi connectivity index (χ2n) is 2.96. The second kappa shape index (κ2) is 4.26. The van der Waals surface area contributed by atoms with Crippen molar-refractivity contribution in [3.8, 4) is 0 Å². The molecule has 0 N–H and O–H groups in total. The lowest BCUT2D eigenvalue weighted by Crippen LogP contribution is -2.00. The summed E-state index contributed by atoms with van der Waals surface area (Å²) in [5, 5.41) is 14.2. The van der Waals surface area contributed by atoms with Gasteiger partial charge in [0.1, 0.15) is 12.3 Å². The minimum atomic E-state index is -0.628. The Morgan fingerprint density at radius 2 is 2.38 bits per heavy atom. The van der Waals surface area contributed by atoms with Crippen molar-refractivity contribution in [2.24, 2.45) is 0 Å². The zero-order valence-corrected chi connectivity index (χ0v) is 10.1. The van der Waals surface area contributed by atoms with Gasteiger partial charge in [-0.25, -0.2) is 0 Å². The van der Waals surface area contributed by atoms with Crippen LogP contribution >= 0.6 is 27.5 Å². The van der Waals surface area contributed by atoms with Gasteiger partial charge in [0.15, 0.2) is 9.69 Å². The summed E-state index contributed by atoms with van der Waals surface area (Å²) in [6, 6.07) is 3.47. The van der Waals surface area contributed by atoms with Crippen molar-refractivity contribution in [3.63, 3.8) is 0 Å². The molecule has 2 aromatic rings. The highest BCUT2D eigenvalue weighted by molar-refractivity contribution is 9.10. The molecule has 0 radical (unpaired) electrons. The fourth-order valence-corrected chi connectivity index (χ4v) is 1.75. The molecular formula is C8H5BrClN3O3. The van der Waals surface area contributed by atoms with Crippen molar-refractivity contribution in [1.82, 2.24) is 9.78 Å². The summed E-state index contributed by atoms with van der Waals surface area (Å²) >= 11 is 8.80. The van der Waals surface area contributed by atoms with Gasteiger partial charge in [0.05, 0.1) is 11.3 Å². The van der Waals surface area contributed by atoms with Crippen molar-refractivity contribution in [3.05, 3.63) is 43.9 Å². The van der Waals surface area contributed by atoms with Crippen molar-refractivity contribution in [1.29, 1.82) is 0 Å². The number of hydrogen-bond donors (Lipinski definition) is 0. The normalized spacial score (nSPS) is 10.6. The number of rotatable bonds is 3. The maximum Gasteiger partial charge on any atom is 0.408 e. The average molecular weight is 307 g/mol. The standard InChI is InChI=1S/C8H5BrClN3O3/c9-7-2-1-5(16-7)3-12-4-6(10)8(11-12)13(14)15/h1-2,4H,3H2. The summed E-state index contributed by atoms with van der Waals surface area (Å²) in [4.78, 5) is 9.88. The molecule has 0 spiro atoms. The Kier molecular flexibility index (Phi) is 2.97. The van der Waals surface area contributed by atoms with E-state index in [0.717, 1.165) is 0 Å². The lowest BCUT2D eigenvalue weighted by atomic mass is 10.4. The molecule has 2 aromatic heterocycles. The Morgan fingerprint density at radius 1 is 1.62 bits per heavy atom. The van der Waals surface area contributed by atoms with Crippen LogP contribution in [0.1, 0.15) is 5.76 Å². The molecule has 0 aromatic carbocycles. The van der Waals surface area contributed by atoms with Gasteiger partial charge in [0, 0.05) is 0 Å². The molecule has 0 fully saturated rings. The smallest absolute Gasteiger partial charge is 0.408 e. The highest BCUT2D eigenvalue weighted by Crippen LogP contribution is 2.22. The van der Waals surface area contributed by atoms with Crippen LogP contribution in [-0.2, 0) is 6.54 Å². The van der Waals surface area contributed by atoms with Crippen LogP contribution in [0.5, 0.6) is 0 Å². The summed E-state index contributed by atoms with van der Waals surface area (Å²) < 4.78 is 7.19. The quantitative estimate of drug-likeness (QED) is 0.645. The molecule has 2 rings (SSSR count). The molecule has 0 aliphatic rings. The maximum absolute atomic E-state index is 10.5. The van der Waals surface area contributed by atoms with Crippen LogP contribution < -0.4 is 0 Å². The molecular weight excluding hydrogens is 301 g/mol. The maximum atomic E-state index is 10.5. The number of furan rings is 1. The van der Waals surface area contributed by atoms with Crippen molar-refractivity contribution < 1.29 is 9.34 Å². The lowest BCUT2D eigenvalue weighted by Gasteiger charge is -1.91. The molecule has 0 amide bonds. The topological polar surface area (TPSA) is 74.1 Å². The van der Waals surface area contributed by atoms with Crippen LogP contribution in [0.15, 0.2) is 27.4 Å². The summed E-state index contributed by atoms with van der Waals surface area (Å²) in [5.74, 6) is 0.272. The number of nitrogens with zero attached hydrogens (tertiary/aromatic N) is 3. The van der Waals surface area contributed by atoms with Gasteiger partial charge >= 0.3 is 5.82 Å². The van der Waals surface area contributed by atoms with Crippen LogP contribution in [0.3, 0.4) is 0 Å². The Hall–Kier alpha value is -1.34. The monoisotopic (exact) mass is 305 g/mol. The first-order valence-corrected chi connectivity index (χ1v) is 5.35. The molecule has 0 aliphatic carbocycles. The van der Waals surface area contributed by atoms with Crippen molar-refractivity contribution >= 4 is 33.3 Å². The van der Waals surface area contributed by atoms with Gasteiger partial charge in [0.2, 0.25) is 0 Å². The zero-order valence-electron chi connectivity index (χ0n) is 7.76. The van der Waals surface area contributed by atoms with Gasteiger partial charge in [-0.15, -0.1) is 0 Å². The molecule has 0 aliphatic heterocycles. The largest absolute Gasteiger partial charge is 0.452 e. The Morgan fingerprint density at radius 3 is 2.88 bits per heavy atom. The van der Waals surface area contributed by atoms with E-state index in [0.29, 0.717) is 17.0 Å². The molecule has 0 saturated heterocycles. The lowest BCUT2D eigenvalue weighted by molar-refractivity contribution is -0.389. The van der Waals surface area contributed by atoms with E-state index in [1.165, 1.54) is 10.9 Å². The minimum absolute atomic E-state index is 0.00984. The summed E-state index contributed by atoms with van der Waals surface area (Å²) in [5.41, 5.74) is 0. The van der Waals surface area contributed by atoms with Crippen LogP contribution in [0.25, 0.3) is 0 Å². The van der Waals surface area contributed by atoms with E-state index < -0.39 is 4.92 Å². The van der Waals surface area contributed by atoms with Crippen LogP contribution in [0.2, 0.25) is 5.02 Å². The predicted octanol–water partition coefficient (Wildman–Crippen LogP) is 2.85. The summed E-state index contributed by atoms with van der Waals surface area (Å²) in [7, 11) is 0. The number of nitro groups is 1. The molecule has 84 valence electrons. The molecule has 8 heteroatoms. The average Bonchev–Trinajstić information content (AvgIpc) is 2.73. The minimum Gasteiger partial charge on any atom is -0.452 e. The first-order chi connectivity index (χ1) is 7.56. The Balaban J connectivity index is 2.22. The second-order valence-corrected chi connectivity index (χ2v) is 4.15. The van der Waals surface area contributed by atoms with E-state index in [4.69, 9.17) is 16.0 Å². The van der Waals surface area contributed by atoms with Gasteiger partial charge in [-0.2, -0.15) is 4.68 Å². The van der Waals surface area contributed by atoms with Crippen LogP contribution in [-0.4, -0.2) is 14.7 Å². The Bertz CT molecular complexity index is 536. The van der Waals surface area contributed by atoms with E-state index in [1.807, 2.05) is 0 Å². The van der Waals surface area contributed by atoms with Crippen LogP contribution in [0, 0.1) is 10.1 Å². The van der Waals surface area contributed by atoms with E-state index in [2.05, 4.69) is 21.0 Å². The third-order valence-electron chi connectivity index (χ3n) is 1.82. The third-order valence-corrected chi connectivity index (χ3v) is 2.51. The first-order valence-electron chi connectivity index (χ1n) is 4.18. The van der Waals surface area contributed by atoms with E-state index in [9.17, 15) is 10.1 Å². The molecule has 0 bridgehead atoms. The van der Waals surface area contributed by atoms with E-state index >= 15 is 0 Å². The Labute approximate surface area is 103 Å². The zero-order chi connectivity index (χ0) is 11.7. The van der Waals surface area contributed by atoms with Gasteiger partial charge in [-0.3, -0.25) is 0 Å². The fourth-order valence-electron chi connectivity index (χ4n) is 1.19. The number of aromatic nitrogens is 2. The number of hydrogen-bond acceptors (Lipinski definition) is 4.